The number of amides is 1. The molecule has 1 heterocycles. The van der Waals surface area contributed by atoms with Crippen LogP contribution < -0.4 is 15.8 Å². The van der Waals surface area contributed by atoms with Gasteiger partial charge in [-0.3, -0.25) is 4.79 Å². The quantitative estimate of drug-likeness (QED) is 0.905. The molecule has 0 saturated heterocycles. The van der Waals surface area contributed by atoms with Gasteiger partial charge in [-0.05, 0) is 32.9 Å². The first-order chi connectivity index (χ1) is 9.90. The number of para-hydroxylation sites is 2. The Labute approximate surface area is 123 Å². The molecule has 0 aliphatic rings. The maximum Gasteiger partial charge on any atom is 0.241 e. The number of nitrogens with two attached hydrogens (primary N) is 1. The van der Waals surface area contributed by atoms with Crippen molar-refractivity contribution in [2.75, 3.05) is 11.1 Å². The van der Waals surface area contributed by atoms with Gasteiger partial charge in [0.1, 0.15) is 5.69 Å². The predicted octanol–water partition coefficient (Wildman–Crippen LogP) is 3.11. The number of nitrogens with zero attached hydrogens (tertiary/aromatic N) is 2. The van der Waals surface area contributed by atoms with Gasteiger partial charge >= 0.3 is 0 Å². The predicted molar refractivity (Wildman–Crippen MR) is 82.6 cm³/mol. The van der Waals surface area contributed by atoms with Gasteiger partial charge in [-0.1, -0.05) is 12.1 Å². The average molecular weight is 288 g/mol. The van der Waals surface area contributed by atoms with Gasteiger partial charge in [0.05, 0.1) is 17.4 Å². The second-order valence-electron chi connectivity index (χ2n) is 5.12. The summed E-state index contributed by atoms with van der Waals surface area (Å²) >= 11 is 0. The van der Waals surface area contributed by atoms with E-state index in [1.54, 1.807) is 16.8 Å². The molecule has 1 amide bonds. The number of nitrogens with one attached hydrogen (secondary N) is 1. The Kier molecular flexibility index (Phi) is 4.16. The fourth-order valence-corrected chi connectivity index (χ4v) is 1.94. The van der Waals surface area contributed by atoms with Crippen molar-refractivity contribution >= 4 is 17.3 Å². The van der Waals surface area contributed by atoms with Crippen LogP contribution in [0.5, 0.6) is 11.6 Å². The highest BCUT2D eigenvalue weighted by molar-refractivity contribution is 5.90. The fraction of sp³-hybridized carbons (Fsp3) is 0.333. The number of ether oxygens (including phenoxy) is 1. The van der Waals surface area contributed by atoms with E-state index >= 15 is 0 Å². The first-order valence-corrected chi connectivity index (χ1v) is 6.79. The van der Waals surface area contributed by atoms with Crippen molar-refractivity contribution in [3.63, 3.8) is 0 Å². The molecule has 21 heavy (non-hydrogen) atoms. The third-order valence-electron chi connectivity index (χ3n) is 2.98. The van der Waals surface area contributed by atoms with Gasteiger partial charge in [-0.2, -0.15) is 5.10 Å². The van der Waals surface area contributed by atoms with Gasteiger partial charge in [0.15, 0.2) is 5.75 Å². The monoisotopic (exact) mass is 288 g/mol. The van der Waals surface area contributed by atoms with Gasteiger partial charge in [-0.15, -0.1) is 0 Å². The molecule has 0 aliphatic heterocycles. The molecule has 2 aromatic rings. The summed E-state index contributed by atoms with van der Waals surface area (Å²) in [5.74, 6) is 0.856. The van der Waals surface area contributed by atoms with Crippen LogP contribution in [0, 0.1) is 6.92 Å². The van der Waals surface area contributed by atoms with Crippen LogP contribution in [-0.2, 0) is 4.79 Å². The number of nitrogen functional groups attached to an aromatic ring is 1. The Morgan fingerprint density at radius 1 is 1.38 bits per heavy atom. The Morgan fingerprint density at radius 2 is 2.05 bits per heavy atom. The summed E-state index contributed by atoms with van der Waals surface area (Å²) < 4.78 is 7.65. The van der Waals surface area contributed by atoms with Crippen LogP contribution in [0.2, 0.25) is 0 Å². The highest BCUT2D eigenvalue weighted by Crippen LogP contribution is 2.35. The lowest BCUT2D eigenvalue weighted by molar-refractivity contribution is -0.114. The molecule has 0 aliphatic carbocycles. The second kappa shape index (κ2) is 5.87. The Morgan fingerprint density at radius 3 is 2.67 bits per heavy atom. The van der Waals surface area contributed by atoms with Gasteiger partial charge < -0.3 is 15.8 Å². The number of carbonyl (C=O) groups is 1. The molecule has 6 nitrogen and oxygen atoms in total. The molecule has 112 valence electrons. The van der Waals surface area contributed by atoms with Crippen molar-refractivity contribution in [1.82, 2.24) is 9.78 Å². The van der Waals surface area contributed by atoms with Crippen molar-refractivity contribution in [3.8, 4) is 11.6 Å². The molecule has 0 atom stereocenters. The minimum absolute atomic E-state index is 0.115. The van der Waals surface area contributed by atoms with Gasteiger partial charge in [0, 0.05) is 6.92 Å². The smallest absolute Gasteiger partial charge is 0.241 e. The SMILES string of the molecule is CC(=O)Nc1ccccc1Oc1c(N)c(C)nn1C(C)C. The van der Waals surface area contributed by atoms with Crippen LogP contribution in [0.1, 0.15) is 32.5 Å². The van der Waals surface area contributed by atoms with E-state index in [-0.39, 0.29) is 11.9 Å². The Hall–Kier alpha value is -2.50. The number of rotatable bonds is 4. The molecule has 0 fully saturated rings. The van der Waals surface area contributed by atoms with Gasteiger partial charge in [0.25, 0.3) is 0 Å². The molecule has 1 aromatic heterocycles. The largest absolute Gasteiger partial charge is 0.435 e. The molecule has 0 bridgehead atoms. The molecular formula is C15H20N4O2. The number of hydrogen-bond donors (Lipinski definition) is 2. The van der Waals surface area contributed by atoms with E-state index < -0.39 is 0 Å². The summed E-state index contributed by atoms with van der Waals surface area (Å²) in [6, 6.07) is 7.32. The topological polar surface area (TPSA) is 82.2 Å². The summed E-state index contributed by atoms with van der Waals surface area (Å²) in [7, 11) is 0. The van der Waals surface area contributed by atoms with Gasteiger partial charge in [-0.25, -0.2) is 4.68 Å². The second-order valence-corrected chi connectivity index (χ2v) is 5.12. The van der Waals surface area contributed by atoms with E-state index in [0.29, 0.717) is 23.0 Å². The van der Waals surface area contributed by atoms with Crippen molar-refractivity contribution < 1.29 is 9.53 Å². The lowest BCUT2D eigenvalue weighted by Crippen LogP contribution is -2.09. The summed E-state index contributed by atoms with van der Waals surface area (Å²) in [5, 5.41) is 7.11. The first-order valence-electron chi connectivity index (χ1n) is 6.79. The highest BCUT2D eigenvalue weighted by atomic mass is 16.5. The summed E-state index contributed by atoms with van der Waals surface area (Å²) in [6.07, 6.45) is 0. The summed E-state index contributed by atoms with van der Waals surface area (Å²) in [5.41, 5.74) is 7.86. The molecular weight excluding hydrogens is 268 g/mol. The van der Waals surface area contributed by atoms with E-state index in [1.165, 1.54) is 6.92 Å². The Balaban J connectivity index is 2.41. The minimum Gasteiger partial charge on any atom is -0.435 e. The van der Waals surface area contributed by atoms with Crippen molar-refractivity contribution in [2.45, 2.75) is 33.7 Å². The molecule has 3 N–H and O–H groups in total. The molecule has 6 heteroatoms. The van der Waals surface area contributed by atoms with Crippen molar-refractivity contribution in [2.24, 2.45) is 0 Å². The first kappa shape index (κ1) is 14.9. The lowest BCUT2D eigenvalue weighted by Gasteiger charge is -2.14. The average Bonchev–Trinajstić information content (AvgIpc) is 2.69. The van der Waals surface area contributed by atoms with Gasteiger partial charge in [0.2, 0.25) is 11.8 Å². The van der Waals surface area contributed by atoms with Crippen LogP contribution in [0.15, 0.2) is 24.3 Å². The molecule has 0 saturated carbocycles. The lowest BCUT2D eigenvalue weighted by atomic mass is 10.3. The molecule has 2 rings (SSSR count). The number of hydrogen-bond acceptors (Lipinski definition) is 4. The van der Waals surface area contributed by atoms with E-state index in [2.05, 4.69) is 10.4 Å². The maximum absolute atomic E-state index is 11.3. The highest BCUT2D eigenvalue weighted by Gasteiger charge is 2.18. The fourth-order valence-electron chi connectivity index (χ4n) is 1.94. The number of anilines is 2. The van der Waals surface area contributed by atoms with Crippen LogP contribution in [-0.4, -0.2) is 15.7 Å². The molecule has 0 radical (unpaired) electrons. The van der Waals surface area contributed by atoms with Crippen LogP contribution in [0.3, 0.4) is 0 Å². The van der Waals surface area contributed by atoms with Crippen LogP contribution in [0.25, 0.3) is 0 Å². The zero-order valence-electron chi connectivity index (χ0n) is 12.7. The zero-order chi connectivity index (χ0) is 15.6. The van der Waals surface area contributed by atoms with Crippen LogP contribution >= 0.6 is 0 Å². The number of aryl methyl sites for hydroxylation is 1. The summed E-state index contributed by atoms with van der Waals surface area (Å²) in [6.45, 7) is 7.28. The van der Waals surface area contributed by atoms with Crippen LogP contribution in [0.4, 0.5) is 11.4 Å². The van der Waals surface area contributed by atoms with E-state index in [1.807, 2.05) is 32.9 Å². The zero-order valence-corrected chi connectivity index (χ0v) is 12.7. The molecule has 1 aromatic carbocycles. The summed E-state index contributed by atoms with van der Waals surface area (Å²) in [4.78, 5) is 11.3. The van der Waals surface area contributed by atoms with Crippen molar-refractivity contribution in [1.29, 1.82) is 0 Å². The van der Waals surface area contributed by atoms with Crippen molar-refractivity contribution in [3.05, 3.63) is 30.0 Å². The maximum atomic E-state index is 11.3. The Bertz CT molecular complexity index is 662. The standard InChI is InChI=1S/C15H20N4O2/c1-9(2)19-15(14(16)10(3)18-19)21-13-8-6-5-7-12(13)17-11(4)20/h5-9H,16H2,1-4H3,(H,17,20). The minimum atomic E-state index is -0.160. The van der Waals surface area contributed by atoms with E-state index in [9.17, 15) is 4.79 Å². The number of aromatic nitrogens is 2. The normalized spacial score (nSPS) is 10.7. The third kappa shape index (κ3) is 3.16. The molecule has 0 unspecified atom stereocenters. The number of benzene rings is 1. The molecule has 0 spiro atoms. The van der Waals surface area contributed by atoms with E-state index in [4.69, 9.17) is 10.5 Å². The van der Waals surface area contributed by atoms with E-state index in [0.717, 1.165) is 5.69 Å². The third-order valence-corrected chi connectivity index (χ3v) is 2.98. The number of carbonyl (C=O) groups excluding carboxylic acids is 1.